The SMILES string of the molecule is O=C(C1=C(O)C(=O)N(Cc2ccccc2)C1c1cccc(OCc2ccccc2)c1)c1cccs1. The van der Waals surface area contributed by atoms with Crippen LogP contribution in [0.3, 0.4) is 0 Å². The molecule has 2 heterocycles. The molecule has 1 aliphatic heterocycles. The number of aliphatic hydroxyl groups excluding tert-OH is 1. The number of aliphatic hydroxyl groups is 1. The molecule has 0 fully saturated rings. The van der Waals surface area contributed by atoms with Crippen LogP contribution in [0.2, 0.25) is 0 Å². The van der Waals surface area contributed by atoms with E-state index in [1.807, 2.05) is 84.9 Å². The van der Waals surface area contributed by atoms with Crippen molar-refractivity contribution in [1.82, 2.24) is 4.90 Å². The fraction of sp³-hybridized carbons (Fsp3) is 0.103. The van der Waals surface area contributed by atoms with Gasteiger partial charge in [-0.25, -0.2) is 0 Å². The van der Waals surface area contributed by atoms with Crippen LogP contribution in [0.1, 0.15) is 32.4 Å². The lowest BCUT2D eigenvalue weighted by atomic mass is 9.95. The van der Waals surface area contributed by atoms with E-state index < -0.39 is 17.7 Å². The third-order valence-corrected chi connectivity index (χ3v) is 6.78. The Bertz CT molecular complexity index is 1360. The molecule has 1 N–H and O–H groups in total. The molecule has 0 radical (unpaired) electrons. The van der Waals surface area contributed by atoms with E-state index in [4.69, 9.17) is 4.74 Å². The van der Waals surface area contributed by atoms with Crippen LogP contribution in [0, 0.1) is 0 Å². The van der Waals surface area contributed by atoms with Crippen LogP contribution >= 0.6 is 11.3 Å². The third-order valence-electron chi connectivity index (χ3n) is 5.91. The molecule has 1 atom stereocenters. The molecule has 35 heavy (non-hydrogen) atoms. The summed E-state index contributed by atoms with van der Waals surface area (Å²) in [5.74, 6) is -0.788. The van der Waals surface area contributed by atoms with E-state index in [2.05, 4.69) is 0 Å². The van der Waals surface area contributed by atoms with E-state index in [1.54, 1.807) is 22.4 Å². The second-order valence-corrected chi connectivity index (χ2v) is 9.18. The molecule has 6 heteroatoms. The molecule has 0 aliphatic carbocycles. The van der Waals surface area contributed by atoms with Gasteiger partial charge in [0.2, 0.25) is 5.78 Å². The van der Waals surface area contributed by atoms with Gasteiger partial charge in [0.25, 0.3) is 5.91 Å². The minimum Gasteiger partial charge on any atom is -0.503 e. The van der Waals surface area contributed by atoms with Crippen LogP contribution in [0.25, 0.3) is 0 Å². The van der Waals surface area contributed by atoms with E-state index >= 15 is 0 Å². The van der Waals surface area contributed by atoms with Gasteiger partial charge in [-0.1, -0.05) is 78.9 Å². The molecule has 5 rings (SSSR count). The predicted octanol–water partition coefficient (Wildman–Crippen LogP) is 6.11. The Morgan fingerprint density at radius 1 is 0.886 bits per heavy atom. The minimum atomic E-state index is -0.738. The molecule has 5 nitrogen and oxygen atoms in total. The highest BCUT2D eigenvalue weighted by Gasteiger charge is 2.44. The first-order valence-electron chi connectivity index (χ1n) is 11.2. The van der Waals surface area contributed by atoms with E-state index in [-0.39, 0.29) is 17.9 Å². The topological polar surface area (TPSA) is 66.8 Å². The molecule has 1 aromatic heterocycles. The summed E-state index contributed by atoms with van der Waals surface area (Å²) in [6, 6.07) is 29.5. The highest BCUT2D eigenvalue weighted by molar-refractivity contribution is 7.12. The normalized spacial score (nSPS) is 15.5. The van der Waals surface area contributed by atoms with Gasteiger partial charge in [-0.15, -0.1) is 11.3 Å². The lowest BCUT2D eigenvalue weighted by Crippen LogP contribution is -2.30. The monoisotopic (exact) mass is 481 g/mol. The van der Waals surface area contributed by atoms with Gasteiger partial charge in [-0.3, -0.25) is 9.59 Å². The molecule has 0 saturated heterocycles. The summed E-state index contributed by atoms with van der Waals surface area (Å²) in [5.41, 5.74) is 2.73. The number of Topliss-reactive ketones (excluding diaryl/α,β-unsaturated/α-hetero) is 1. The van der Waals surface area contributed by atoms with Gasteiger partial charge < -0.3 is 14.7 Å². The number of nitrogens with zero attached hydrogens (tertiary/aromatic N) is 1. The Morgan fingerprint density at radius 2 is 1.60 bits per heavy atom. The summed E-state index contributed by atoms with van der Waals surface area (Å²) in [6.07, 6.45) is 0. The standard InChI is InChI=1S/C29H23NO4S/c31-27(24-15-8-16-35-24)25-26(30(29(33)28(25)32)18-20-9-3-1-4-10-20)22-13-7-14-23(17-22)34-19-21-11-5-2-6-12-21/h1-17,26,32H,18-19H2. The maximum atomic E-state index is 13.4. The van der Waals surface area contributed by atoms with Crippen molar-refractivity contribution in [2.75, 3.05) is 0 Å². The van der Waals surface area contributed by atoms with E-state index in [1.165, 1.54) is 11.3 Å². The van der Waals surface area contributed by atoms with Crippen LogP contribution in [0.15, 0.2) is 114 Å². The summed E-state index contributed by atoms with van der Waals surface area (Å²) in [4.78, 5) is 28.7. The third kappa shape index (κ3) is 4.74. The van der Waals surface area contributed by atoms with Crippen molar-refractivity contribution in [3.63, 3.8) is 0 Å². The summed E-state index contributed by atoms with van der Waals surface area (Å²) < 4.78 is 6.00. The fourth-order valence-electron chi connectivity index (χ4n) is 4.23. The van der Waals surface area contributed by atoms with Crippen LogP contribution < -0.4 is 4.74 Å². The number of hydrogen-bond acceptors (Lipinski definition) is 5. The second kappa shape index (κ2) is 9.99. The maximum Gasteiger partial charge on any atom is 0.290 e. The number of carbonyl (C=O) groups is 2. The lowest BCUT2D eigenvalue weighted by molar-refractivity contribution is -0.130. The second-order valence-electron chi connectivity index (χ2n) is 8.24. The Kier molecular flexibility index (Phi) is 6.46. The number of carbonyl (C=O) groups excluding carboxylic acids is 2. The van der Waals surface area contributed by atoms with Crippen molar-refractivity contribution in [1.29, 1.82) is 0 Å². The van der Waals surface area contributed by atoms with Crippen LogP contribution in [0.5, 0.6) is 5.75 Å². The van der Waals surface area contributed by atoms with Crippen molar-refractivity contribution in [3.8, 4) is 5.75 Å². The van der Waals surface area contributed by atoms with Crippen LogP contribution in [-0.2, 0) is 17.9 Å². The van der Waals surface area contributed by atoms with E-state index in [0.717, 1.165) is 11.1 Å². The zero-order valence-electron chi connectivity index (χ0n) is 18.8. The Labute approximate surface area is 207 Å². The first-order valence-corrected chi connectivity index (χ1v) is 12.1. The van der Waals surface area contributed by atoms with Gasteiger partial charge in [-0.2, -0.15) is 0 Å². The molecule has 0 bridgehead atoms. The maximum absolute atomic E-state index is 13.4. The number of ketones is 1. The molecule has 1 unspecified atom stereocenters. The molecule has 1 amide bonds. The molecular weight excluding hydrogens is 458 g/mol. The Hall–Kier alpha value is -4.16. The van der Waals surface area contributed by atoms with Gasteiger partial charge in [0, 0.05) is 6.54 Å². The van der Waals surface area contributed by atoms with Gasteiger partial charge in [0.15, 0.2) is 5.76 Å². The van der Waals surface area contributed by atoms with Crippen molar-refractivity contribution in [2.24, 2.45) is 0 Å². The van der Waals surface area contributed by atoms with E-state index in [0.29, 0.717) is 22.8 Å². The molecular formula is C29H23NO4S. The quantitative estimate of drug-likeness (QED) is 0.309. The zero-order valence-corrected chi connectivity index (χ0v) is 19.7. The minimum absolute atomic E-state index is 0.0913. The number of thiophene rings is 1. The average Bonchev–Trinajstić information content (AvgIpc) is 3.52. The fourth-order valence-corrected chi connectivity index (χ4v) is 4.91. The molecule has 174 valence electrons. The van der Waals surface area contributed by atoms with Crippen LogP contribution in [-0.4, -0.2) is 21.7 Å². The number of benzene rings is 3. The van der Waals surface area contributed by atoms with Crippen molar-refractivity contribution in [2.45, 2.75) is 19.2 Å². The summed E-state index contributed by atoms with van der Waals surface area (Å²) in [7, 11) is 0. The predicted molar refractivity (Wildman–Crippen MR) is 135 cm³/mol. The van der Waals surface area contributed by atoms with Gasteiger partial charge in [0.1, 0.15) is 12.4 Å². The van der Waals surface area contributed by atoms with Crippen LogP contribution in [0.4, 0.5) is 0 Å². The molecule has 0 saturated carbocycles. The van der Waals surface area contributed by atoms with Crippen molar-refractivity contribution < 1.29 is 19.4 Å². The highest BCUT2D eigenvalue weighted by atomic mass is 32.1. The number of rotatable bonds is 8. The van der Waals surface area contributed by atoms with Gasteiger partial charge in [0.05, 0.1) is 16.5 Å². The first kappa shape index (κ1) is 22.6. The lowest BCUT2D eigenvalue weighted by Gasteiger charge is -2.27. The average molecular weight is 482 g/mol. The van der Waals surface area contributed by atoms with Crippen molar-refractivity contribution in [3.05, 3.63) is 135 Å². The molecule has 1 aliphatic rings. The molecule has 0 spiro atoms. The van der Waals surface area contributed by atoms with Crippen molar-refractivity contribution >= 4 is 23.0 Å². The van der Waals surface area contributed by atoms with E-state index in [9.17, 15) is 14.7 Å². The summed E-state index contributed by atoms with van der Waals surface area (Å²) in [5, 5.41) is 12.7. The molecule has 4 aromatic rings. The number of amides is 1. The summed E-state index contributed by atoms with van der Waals surface area (Å²) in [6.45, 7) is 0.647. The Morgan fingerprint density at radius 3 is 2.29 bits per heavy atom. The molecule has 3 aromatic carbocycles. The zero-order chi connectivity index (χ0) is 24.2. The van der Waals surface area contributed by atoms with Gasteiger partial charge >= 0.3 is 0 Å². The van der Waals surface area contributed by atoms with Gasteiger partial charge in [-0.05, 0) is 40.3 Å². The number of hydrogen-bond donors (Lipinski definition) is 1. The smallest absolute Gasteiger partial charge is 0.290 e. The Balaban J connectivity index is 1.51. The first-order chi connectivity index (χ1) is 17.1. The largest absolute Gasteiger partial charge is 0.503 e. The number of ether oxygens (including phenoxy) is 1. The highest BCUT2D eigenvalue weighted by Crippen LogP contribution is 2.41. The summed E-state index contributed by atoms with van der Waals surface area (Å²) >= 11 is 1.28.